The maximum Gasteiger partial charge on any atom is 0.260 e. The van der Waals surface area contributed by atoms with Gasteiger partial charge in [-0.2, -0.15) is 0 Å². The Morgan fingerprint density at radius 1 is 1.53 bits per heavy atom. The standard InChI is InChI=1S/C13H16ClNO2/c1-3-4-9-15-13(16)10(2)17-12-7-5-11(14)6-8-12/h3,5-8,10H,1,4,9H2,2H3,(H,15,16). The van der Waals surface area contributed by atoms with Crippen molar-refractivity contribution in [1.29, 1.82) is 0 Å². The van der Waals surface area contributed by atoms with Crippen LogP contribution in [-0.2, 0) is 4.79 Å². The summed E-state index contributed by atoms with van der Waals surface area (Å²) in [5.41, 5.74) is 0. The Bertz CT molecular complexity index is 376. The summed E-state index contributed by atoms with van der Waals surface area (Å²) >= 11 is 5.75. The largest absolute Gasteiger partial charge is 0.481 e. The topological polar surface area (TPSA) is 38.3 Å². The van der Waals surface area contributed by atoms with Crippen LogP contribution in [0.2, 0.25) is 5.02 Å². The SMILES string of the molecule is C=CCCNC(=O)C(C)Oc1ccc(Cl)cc1. The Hall–Kier alpha value is -1.48. The number of amides is 1. The van der Waals surface area contributed by atoms with Gasteiger partial charge in [0.25, 0.3) is 5.91 Å². The lowest BCUT2D eigenvalue weighted by Crippen LogP contribution is -2.36. The summed E-state index contributed by atoms with van der Waals surface area (Å²) in [6.07, 6.45) is 1.98. The molecule has 17 heavy (non-hydrogen) atoms. The first-order valence-corrected chi connectivity index (χ1v) is 5.82. The van der Waals surface area contributed by atoms with Gasteiger partial charge in [0.05, 0.1) is 0 Å². The number of hydrogen-bond donors (Lipinski definition) is 1. The van der Waals surface area contributed by atoms with Crippen LogP contribution in [0.15, 0.2) is 36.9 Å². The number of rotatable bonds is 6. The van der Waals surface area contributed by atoms with Gasteiger partial charge in [0.1, 0.15) is 5.75 Å². The number of ether oxygens (including phenoxy) is 1. The molecule has 4 heteroatoms. The van der Waals surface area contributed by atoms with Crippen LogP contribution in [0.3, 0.4) is 0 Å². The second-order valence-corrected chi connectivity index (χ2v) is 4.02. The van der Waals surface area contributed by atoms with E-state index in [1.54, 1.807) is 37.3 Å². The zero-order chi connectivity index (χ0) is 12.7. The monoisotopic (exact) mass is 253 g/mol. The Labute approximate surface area is 106 Å². The lowest BCUT2D eigenvalue weighted by atomic mass is 10.3. The smallest absolute Gasteiger partial charge is 0.260 e. The van der Waals surface area contributed by atoms with Crippen LogP contribution >= 0.6 is 11.6 Å². The van der Waals surface area contributed by atoms with Gasteiger partial charge in [0.15, 0.2) is 6.10 Å². The second kappa shape index (κ2) is 6.97. The summed E-state index contributed by atoms with van der Waals surface area (Å²) in [4.78, 5) is 11.6. The fourth-order valence-electron chi connectivity index (χ4n) is 1.21. The average Bonchev–Trinajstić information content (AvgIpc) is 2.32. The van der Waals surface area contributed by atoms with E-state index in [9.17, 15) is 4.79 Å². The van der Waals surface area contributed by atoms with Gasteiger partial charge in [0.2, 0.25) is 0 Å². The third kappa shape index (κ3) is 4.91. The highest BCUT2D eigenvalue weighted by Crippen LogP contribution is 2.16. The molecule has 0 spiro atoms. The maximum absolute atomic E-state index is 11.6. The first kappa shape index (κ1) is 13.6. The molecule has 0 aromatic heterocycles. The van der Waals surface area contributed by atoms with Crippen LogP contribution in [0.4, 0.5) is 0 Å². The van der Waals surface area contributed by atoms with Crippen molar-refractivity contribution < 1.29 is 9.53 Å². The van der Waals surface area contributed by atoms with E-state index in [0.717, 1.165) is 6.42 Å². The first-order valence-electron chi connectivity index (χ1n) is 5.44. The summed E-state index contributed by atoms with van der Waals surface area (Å²) in [5.74, 6) is 0.488. The molecule has 1 unspecified atom stereocenters. The summed E-state index contributed by atoms with van der Waals surface area (Å²) in [7, 11) is 0. The van der Waals surface area contributed by atoms with Crippen molar-refractivity contribution in [2.45, 2.75) is 19.4 Å². The Morgan fingerprint density at radius 2 is 2.18 bits per heavy atom. The van der Waals surface area contributed by atoms with E-state index in [2.05, 4.69) is 11.9 Å². The molecule has 1 aromatic carbocycles. The predicted molar refractivity (Wildman–Crippen MR) is 69.4 cm³/mol. The summed E-state index contributed by atoms with van der Waals surface area (Å²) in [6, 6.07) is 6.91. The molecular weight excluding hydrogens is 238 g/mol. The molecule has 0 aliphatic heterocycles. The van der Waals surface area contributed by atoms with E-state index < -0.39 is 6.10 Å². The molecule has 0 aliphatic rings. The molecule has 92 valence electrons. The van der Waals surface area contributed by atoms with Crippen molar-refractivity contribution >= 4 is 17.5 Å². The van der Waals surface area contributed by atoms with Crippen LogP contribution < -0.4 is 10.1 Å². The molecule has 1 rings (SSSR count). The van der Waals surface area contributed by atoms with E-state index in [0.29, 0.717) is 17.3 Å². The van der Waals surface area contributed by atoms with Crippen molar-refractivity contribution in [3.63, 3.8) is 0 Å². The number of carbonyl (C=O) groups is 1. The summed E-state index contributed by atoms with van der Waals surface area (Å²) in [5, 5.41) is 3.39. The normalized spacial score (nSPS) is 11.6. The molecule has 0 radical (unpaired) electrons. The van der Waals surface area contributed by atoms with Crippen LogP contribution in [0.25, 0.3) is 0 Å². The van der Waals surface area contributed by atoms with E-state index in [1.807, 2.05) is 0 Å². The predicted octanol–water partition coefficient (Wildman–Crippen LogP) is 2.80. The number of halogens is 1. The molecule has 0 fully saturated rings. The van der Waals surface area contributed by atoms with Crippen molar-refractivity contribution in [1.82, 2.24) is 5.32 Å². The van der Waals surface area contributed by atoms with Gasteiger partial charge < -0.3 is 10.1 Å². The van der Waals surface area contributed by atoms with E-state index >= 15 is 0 Å². The fourth-order valence-corrected chi connectivity index (χ4v) is 1.34. The Balaban J connectivity index is 2.42. The molecule has 3 nitrogen and oxygen atoms in total. The maximum atomic E-state index is 11.6. The molecule has 0 saturated carbocycles. The van der Waals surface area contributed by atoms with Crippen molar-refractivity contribution in [2.24, 2.45) is 0 Å². The molecule has 0 aliphatic carbocycles. The second-order valence-electron chi connectivity index (χ2n) is 3.58. The zero-order valence-electron chi connectivity index (χ0n) is 9.78. The quantitative estimate of drug-likeness (QED) is 0.625. The van der Waals surface area contributed by atoms with Gasteiger partial charge in [-0.05, 0) is 37.6 Å². The van der Waals surface area contributed by atoms with E-state index in [-0.39, 0.29) is 5.91 Å². The number of nitrogens with one attached hydrogen (secondary N) is 1. The van der Waals surface area contributed by atoms with Gasteiger partial charge >= 0.3 is 0 Å². The highest BCUT2D eigenvalue weighted by Gasteiger charge is 2.13. The van der Waals surface area contributed by atoms with Crippen LogP contribution in [0, 0.1) is 0 Å². The number of hydrogen-bond acceptors (Lipinski definition) is 2. The van der Waals surface area contributed by atoms with Crippen molar-refractivity contribution in [2.75, 3.05) is 6.54 Å². The van der Waals surface area contributed by atoms with Crippen molar-refractivity contribution in [3.8, 4) is 5.75 Å². The van der Waals surface area contributed by atoms with Gasteiger partial charge in [0, 0.05) is 11.6 Å². The Morgan fingerprint density at radius 3 is 2.76 bits per heavy atom. The third-order valence-corrected chi connectivity index (χ3v) is 2.40. The number of carbonyl (C=O) groups excluding carboxylic acids is 1. The lowest BCUT2D eigenvalue weighted by Gasteiger charge is -2.14. The third-order valence-electron chi connectivity index (χ3n) is 2.14. The van der Waals surface area contributed by atoms with E-state index in [4.69, 9.17) is 16.3 Å². The molecular formula is C13H16ClNO2. The van der Waals surface area contributed by atoms with Gasteiger partial charge in [-0.15, -0.1) is 6.58 Å². The van der Waals surface area contributed by atoms with Gasteiger partial charge in [-0.25, -0.2) is 0 Å². The average molecular weight is 254 g/mol. The van der Waals surface area contributed by atoms with Crippen LogP contribution in [0.1, 0.15) is 13.3 Å². The van der Waals surface area contributed by atoms with Crippen molar-refractivity contribution in [3.05, 3.63) is 41.9 Å². The molecule has 0 heterocycles. The molecule has 1 atom stereocenters. The lowest BCUT2D eigenvalue weighted by molar-refractivity contribution is -0.127. The zero-order valence-corrected chi connectivity index (χ0v) is 10.5. The molecule has 1 amide bonds. The first-order chi connectivity index (χ1) is 8.13. The fraction of sp³-hybridized carbons (Fsp3) is 0.308. The molecule has 0 bridgehead atoms. The molecule has 1 N–H and O–H groups in total. The minimum absolute atomic E-state index is 0.137. The minimum Gasteiger partial charge on any atom is -0.481 e. The van der Waals surface area contributed by atoms with E-state index in [1.165, 1.54) is 0 Å². The van der Waals surface area contributed by atoms with Crippen LogP contribution in [0.5, 0.6) is 5.75 Å². The minimum atomic E-state index is -0.527. The molecule has 0 saturated heterocycles. The molecule has 1 aromatic rings. The summed E-state index contributed by atoms with van der Waals surface area (Å²) < 4.78 is 5.47. The van der Waals surface area contributed by atoms with Gasteiger partial charge in [-0.3, -0.25) is 4.79 Å². The summed E-state index contributed by atoms with van der Waals surface area (Å²) in [6.45, 7) is 5.87. The van der Waals surface area contributed by atoms with Crippen LogP contribution in [-0.4, -0.2) is 18.6 Å². The highest BCUT2D eigenvalue weighted by atomic mass is 35.5. The highest BCUT2D eigenvalue weighted by molar-refractivity contribution is 6.30. The number of benzene rings is 1. The van der Waals surface area contributed by atoms with Gasteiger partial charge in [-0.1, -0.05) is 17.7 Å². The Kier molecular flexibility index (Phi) is 5.57.